The number of sulfone groups is 1. The summed E-state index contributed by atoms with van der Waals surface area (Å²) in [6, 6.07) is 19.8. The lowest BCUT2D eigenvalue weighted by molar-refractivity contribution is 0.0417. The lowest BCUT2D eigenvalue weighted by atomic mass is 9.85. The molecule has 3 N–H and O–H groups in total. The summed E-state index contributed by atoms with van der Waals surface area (Å²) < 4.78 is 59.2. The number of amides is 2. The van der Waals surface area contributed by atoms with E-state index in [-0.39, 0.29) is 23.5 Å². The maximum atomic E-state index is 13.1. The van der Waals surface area contributed by atoms with Gasteiger partial charge in [0.25, 0.3) is 0 Å². The predicted octanol–water partition coefficient (Wildman–Crippen LogP) is 8.85. The molecule has 58 heavy (non-hydrogen) atoms. The van der Waals surface area contributed by atoms with E-state index in [0.29, 0.717) is 78.8 Å². The molecule has 13 nitrogen and oxygen atoms in total. The van der Waals surface area contributed by atoms with Crippen molar-refractivity contribution in [1.82, 2.24) is 10.3 Å². The zero-order chi connectivity index (χ0) is 42.1. The number of fused-ring (bicyclic) bond motifs is 1. The average Bonchev–Trinajstić information content (AvgIpc) is 3.18. The maximum absolute atomic E-state index is 13.1. The van der Waals surface area contributed by atoms with Crippen LogP contribution in [0.5, 0.6) is 23.0 Å². The Morgan fingerprint density at radius 3 is 2.29 bits per heavy atom. The molecule has 1 aromatic heterocycles. The van der Waals surface area contributed by atoms with Crippen molar-refractivity contribution in [3.8, 4) is 23.0 Å². The molecule has 312 valence electrons. The summed E-state index contributed by atoms with van der Waals surface area (Å²) in [5, 5.41) is 10.7. The van der Waals surface area contributed by atoms with Crippen LogP contribution in [0.3, 0.4) is 0 Å². The van der Waals surface area contributed by atoms with Gasteiger partial charge < -0.3 is 44.4 Å². The Morgan fingerprint density at radius 1 is 0.897 bits per heavy atom. The van der Waals surface area contributed by atoms with Gasteiger partial charge in [-0.25, -0.2) is 18.2 Å². The molecule has 0 aliphatic carbocycles. The number of carbonyl (C=O) groups is 1. The van der Waals surface area contributed by atoms with Crippen molar-refractivity contribution in [2.24, 2.45) is 5.41 Å². The molecule has 15 heteroatoms. The number of allylic oxidation sites excluding steroid dienone is 3. The van der Waals surface area contributed by atoms with Gasteiger partial charge in [-0.2, -0.15) is 0 Å². The van der Waals surface area contributed by atoms with Crippen molar-refractivity contribution in [3.05, 3.63) is 109 Å². The number of halogens is 1. The van der Waals surface area contributed by atoms with Gasteiger partial charge in [0.15, 0.2) is 9.84 Å². The zero-order valence-electron chi connectivity index (χ0n) is 33.9. The highest BCUT2D eigenvalue weighted by Gasteiger charge is 2.19. The predicted molar refractivity (Wildman–Crippen MR) is 239 cm³/mol. The van der Waals surface area contributed by atoms with Crippen LogP contribution < -0.4 is 30.2 Å². The summed E-state index contributed by atoms with van der Waals surface area (Å²) >= 11 is 2.27. The molecule has 0 spiro atoms. The first kappa shape index (κ1) is 45.9. The molecular weight excluding hydrogens is 875 g/mol. The standard InChI is InChI=1S/C43H53IN4O9S/c1-30(52-5)31(29-58(7,50)51)24-32(43(2,3)4)14-17-46-42(49)48-39-12-13-40(38-11-9-8-10-37(38)39)57-34-15-18-45-41(28-34)47-33-25-35(53-6)27-36(26-33)56-23-22-55-21-20-54-19-16-44/h8-15,18,24-28H,1,16-17,19-23,29H2,2-7H3,(H,45,47)(H2,46,48,49)/b31-24-,32-14+. The number of alkyl halides is 1. The molecule has 0 bridgehead atoms. The molecule has 2 amide bonds. The van der Waals surface area contributed by atoms with Gasteiger partial charge in [-0.3, -0.25) is 0 Å². The number of anilines is 3. The van der Waals surface area contributed by atoms with Gasteiger partial charge >= 0.3 is 6.03 Å². The number of nitrogens with zero attached hydrogens (tertiary/aromatic N) is 1. The highest BCUT2D eigenvalue weighted by molar-refractivity contribution is 14.1. The van der Waals surface area contributed by atoms with Gasteiger partial charge in [0.05, 0.1) is 52.1 Å². The van der Waals surface area contributed by atoms with Crippen molar-refractivity contribution < 1.29 is 41.6 Å². The van der Waals surface area contributed by atoms with E-state index in [1.165, 1.54) is 7.11 Å². The van der Waals surface area contributed by atoms with E-state index in [4.69, 9.17) is 28.4 Å². The quantitative estimate of drug-likeness (QED) is 0.0228. The van der Waals surface area contributed by atoms with Gasteiger partial charge in [-0.05, 0) is 29.2 Å². The molecule has 0 aliphatic rings. The molecule has 0 aliphatic heterocycles. The van der Waals surface area contributed by atoms with Crippen molar-refractivity contribution in [1.29, 1.82) is 0 Å². The fourth-order valence-electron chi connectivity index (χ4n) is 5.53. The van der Waals surface area contributed by atoms with Crippen LogP contribution in [0.1, 0.15) is 20.8 Å². The highest BCUT2D eigenvalue weighted by Crippen LogP contribution is 2.36. The summed E-state index contributed by atoms with van der Waals surface area (Å²) in [5.74, 6) is 2.94. The first-order valence-corrected chi connectivity index (χ1v) is 22.1. The number of hydrogen-bond donors (Lipinski definition) is 3. The molecule has 0 saturated heterocycles. The summed E-state index contributed by atoms with van der Waals surface area (Å²) in [6.07, 6.45) is 6.42. The average molecular weight is 929 g/mol. The number of nitrogens with one attached hydrogen (secondary N) is 3. The summed E-state index contributed by atoms with van der Waals surface area (Å²) in [5.41, 5.74) is 2.20. The van der Waals surface area contributed by atoms with E-state index in [2.05, 4.69) is 50.1 Å². The summed E-state index contributed by atoms with van der Waals surface area (Å²) in [4.78, 5) is 17.6. The van der Waals surface area contributed by atoms with Crippen LogP contribution in [0, 0.1) is 5.41 Å². The minimum atomic E-state index is -3.34. The number of pyridine rings is 1. The van der Waals surface area contributed by atoms with Crippen molar-refractivity contribution in [3.63, 3.8) is 0 Å². The van der Waals surface area contributed by atoms with Gasteiger partial charge in [0.1, 0.15) is 41.2 Å². The number of urea groups is 1. The first-order chi connectivity index (χ1) is 27.7. The third-order valence-corrected chi connectivity index (χ3v) is 9.65. The van der Waals surface area contributed by atoms with E-state index in [1.807, 2.05) is 63.2 Å². The smallest absolute Gasteiger partial charge is 0.319 e. The van der Waals surface area contributed by atoms with Crippen LogP contribution in [0.4, 0.5) is 22.0 Å². The van der Waals surface area contributed by atoms with Crippen molar-refractivity contribution >= 4 is 66.4 Å². The molecule has 4 rings (SSSR count). The van der Waals surface area contributed by atoms with Crippen molar-refractivity contribution in [2.75, 3.05) is 80.9 Å². The minimum Gasteiger partial charge on any atom is -0.497 e. The molecule has 3 aromatic carbocycles. The second-order valence-electron chi connectivity index (χ2n) is 14.0. The second kappa shape index (κ2) is 22.3. The molecule has 0 radical (unpaired) electrons. The Kier molecular flexibility index (Phi) is 17.7. The van der Waals surface area contributed by atoms with Crippen LogP contribution in [0.15, 0.2) is 109 Å². The summed E-state index contributed by atoms with van der Waals surface area (Å²) in [7, 11) is -0.304. The molecule has 0 saturated carbocycles. The number of rotatable bonds is 22. The number of methoxy groups -OCH3 is 2. The fourth-order valence-corrected chi connectivity index (χ4v) is 6.65. The third kappa shape index (κ3) is 15.2. The monoisotopic (exact) mass is 928 g/mol. The van der Waals surface area contributed by atoms with Crippen LogP contribution in [0.25, 0.3) is 10.8 Å². The number of hydrogen-bond acceptors (Lipinski definition) is 11. The Morgan fingerprint density at radius 2 is 1.60 bits per heavy atom. The minimum absolute atomic E-state index is 0.187. The van der Waals surface area contributed by atoms with Crippen LogP contribution in [0.2, 0.25) is 0 Å². The van der Waals surface area contributed by atoms with E-state index in [9.17, 15) is 13.2 Å². The Balaban J connectivity index is 1.43. The van der Waals surface area contributed by atoms with Gasteiger partial charge in [0, 0.05) is 69.7 Å². The molecule has 0 atom stereocenters. The topological polar surface area (TPSA) is 156 Å². The zero-order valence-corrected chi connectivity index (χ0v) is 36.8. The summed E-state index contributed by atoms with van der Waals surface area (Å²) in [6.45, 7) is 12.6. The van der Waals surface area contributed by atoms with E-state index in [1.54, 1.807) is 49.7 Å². The molecule has 0 unspecified atom stereocenters. The van der Waals surface area contributed by atoms with Crippen molar-refractivity contribution in [2.45, 2.75) is 20.8 Å². The van der Waals surface area contributed by atoms with Gasteiger partial charge in [0.2, 0.25) is 0 Å². The van der Waals surface area contributed by atoms with E-state index >= 15 is 0 Å². The largest absolute Gasteiger partial charge is 0.497 e. The lowest BCUT2D eigenvalue weighted by Gasteiger charge is -2.22. The van der Waals surface area contributed by atoms with Gasteiger partial charge in [-0.15, -0.1) is 0 Å². The molecular formula is C43H53IN4O9S. The third-order valence-electron chi connectivity index (χ3n) is 8.37. The number of aromatic nitrogens is 1. The number of carbonyl (C=O) groups excluding carboxylic acids is 1. The number of ether oxygens (including phenoxy) is 6. The highest BCUT2D eigenvalue weighted by atomic mass is 127. The maximum Gasteiger partial charge on any atom is 0.319 e. The molecule has 4 aromatic rings. The van der Waals surface area contributed by atoms with Gasteiger partial charge in [-0.1, -0.05) is 86.4 Å². The Bertz CT molecular complexity index is 2190. The van der Waals surface area contributed by atoms with E-state index in [0.717, 1.165) is 27.0 Å². The first-order valence-electron chi connectivity index (χ1n) is 18.5. The van der Waals surface area contributed by atoms with Crippen LogP contribution in [-0.2, 0) is 24.0 Å². The molecule has 0 fully saturated rings. The Labute approximate surface area is 355 Å². The normalized spacial score (nSPS) is 12.2. The van der Waals surface area contributed by atoms with E-state index < -0.39 is 15.9 Å². The lowest BCUT2D eigenvalue weighted by Crippen LogP contribution is -2.29. The van der Waals surface area contributed by atoms with Crippen LogP contribution >= 0.6 is 22.6 Å². The van der Waals surface area contributed by atoms with Crippen LogP contribution in [-0.4, -0.2) is 89.7 Å². The molecule has 1 heterocycles. The SMILES string of the molecule is C=C(OC)/C(=C\C(=C/CNC(=O)Nc1ccc(Oc2ccnc(Nc3cc(OC)cc(OCCOCCOCCI)c3)c2)c2ccccc12)C(C)(C)C)CS(C)(=O)=O. The second-order valence-corrected chi connectivity index (χ2v) is 17.3. The number of benzene rings is 3. The Hall–Kier alpha value is -4.84. The fraction of sp³-hybridized carbons (Fsp3) is 0.349.